The molecule has 14 heteroatoms. The van der Waals surface area contributed by atoms with Gasteiger partial charge in [-0.3, -0.25) is 10.6 Å². The van der Waals surface area contributed by atoms with Gasteiger partial charge in [0.1, 0.15) is 11.2 Å². The summed E-state index contributed by atoms with van der Waals surface area (Å²) in [7, 11) is 1.08. The molecule has 0 heterocycles. The first-order valence-electron chi connectivity index (χ1n) is 14.6. The van der Waals surface area contributed by atoms with Crippen molar-refractivity contribution in [2.75, 3.05) is 5.32 Å². The van der Waals surface area contributed by atoms with Crippen LogP contribution in [0.1, 0.15) is 73.4 Å². The number of carbonyl (C=O) groups is 3. The number of alkyl carbamates (subject to hydrolysis) is 3. The van der Waals surface area contributed by atoms with E-state index in [2.05, 4.69) is 30.9 Å². The normalized spacial score (nSPS) is 11.5. The van der Waals surface area contributed by atoms with E-state index >= 15 is 0 Å². The maximum atomic E-state index is 12.4. The topological polar surface area (TPSA) is 172 Å². The van der Waals surface area contributed by atoms with E-state index in [1.807, 2.05) is 36.4 Å². The first-order chi connectivity index (χ1) is 21.3. The van der Waals surface area contributed by atoms with Crippen molar-refractivity contribution in [2.24, 2.45) is 4.99 Å². The summed E-state index contributed by atoms with van der Waals surface area (Å²) >= 11 is 0. The summed E-state index contributed by atoms with van der Waals surface area (Å²) in [6, 6.07) is 14.9. The predicted octanol–water partition coefficient (Wildman–Crippen LogP) is 5.65. The summed E-state index contributed by atoms with van der Waals surface area (Å²) in [5.41, 5.74) is 1.21. The van der Waals surface area contributed by atoms with E-state index in [4.69, 9.17) is 19.5 Å². The Balaban J connectivity index is 2.05. The number of nitrogens with one attached hydrogen (secondary N) is 4. The summed E-state index contributed by atoms with van der Waals surface area (Å²) in [5, 5.41) is 19.2. The molecule has 0 atom stereocenters. The van der Waals surface area contributed by atoms with Crippen LogP contribution in [0.5, 0.6) is 0 Å². The van der Waals surface area contributed by atoms with E-state index in [9.17, 15) is 14.4 Å². The van der Waals surface area contributed by atoms with Crippen molar-refractivity contribution in [3.05, 3.63) is 59.7 Å². The molecule has 46 heavy (non-hydrogen) atoms. The second-order valence-corrected chi connectivity index (χ2v) is 13.1. The Morgan fingerprint density at radius 1 is 0.696 bits per heavy atom. The van der Waals surface area contributed by atoms with Crippen LogP contribution in [0, 0.1) is 11.5 Å². The number of hydrogen-bond donors (Lipinski definition) is 4. The van der Waals surface area contributed by atoms with E-state index in [-0.39, 0.29) is 11.7 Å². The molecule has 2 rings (SSSR count). The number of benzene rings is 2. The van der Waals surface area contributed by atoms with Gasteiger partial charge < -0.3 is 9.47 Å². The van der Waals surface area contributed by atoms with Crippen LogP contribution in [0.4, 0.5) is 25.8 Å². The van der Waals surface area contributed by atoms with Crippen molar-refractivity contribution in [2.45, 2.75) is 92.0 Å². The number of anilines is 1. The number of amides is 3. The number of guanidine groups is 1. The molecule has 0 aliphatic heterocycles. The number of hydrogen-bond acceptors (Lipinski definition) is 10. The molecule has 0 saturated carbocycles. The van der Waals surface area contributed by atoms with Crippen LogP contribution < -0.4 is 21.3 Å². The maximum absolute atomic E-state index is 12.4. The molecule has 0 unspecified atom stereocenters. The number of nitrogens with zero attached hydrogens (tertiary/aromatic N) is 2. The van der Waals surface area contributed by atoms with Gasteiger partial charge in [-0.15, -0.1) is 0 Å². The molecule has 0 aliphatic carbocycles. The third-order valence-corrected chi connectivity index (χ3v) is 5.22. The van der Waals surface area contributed by atoms with Gasteiger partial charge in [-0.1, -0.05) is 0 Å². The number of aliphatic imine (C=N–C) groups is 1. The first kappa shape index (κ1) is 37.1. The summed E-state index contributed by atoms with van der Waals surface area (Å²) < 4.78 is 20.5. The van der Waals surface area contributed by atoms with Gasteiger partial charge in [-0.2, -0.15) is 0 Å². The van der Waals surface area contributed by atoms with Gasteiger partial charge in [0.25, 0.3) is 0 Å². The Morgan fingerprint density at radius 3 is 1.52 bits per heavy atom. The third-order valence-electron chi connectivity index (χ3n) is 5.22. The fourth-order valence-corrected chi connectivity index (χ4v) is 3.54. The molecule has 0 fully saturated rings. The Bertz CT molecular complexity index is 1410. The van der Waals surface area contributed by atoms with E-state index in [0.29, 0.717) is 11.4 Å². The average molecular weight is 635 g/mol. The molecule has 0 radical (unpaired) electrons. The Hall–Kier alpha value is -5.06. The Kier molecular flexibility index (Phi) is 13.2. The molecule has 13 nitrogen and oxygen atoms in total. The molecule has 0 saturated heterocycles. The molecule has 0 bridgehead atoms. The van der Waals surface area contributed by atoms with Crippen LogP contribution in [0.3, 0.4) is 0 Å². The zero-order chi connectivity index (χ0) is 34.5. The van der Waals surface area contributed by atoms with Crippen LogP contribution in [-0.4, -0.2) is 53.9 Å². The summed E-state index contributed by atoms with van der Waals surface area (Å²) in [6.07, 6.45) is 0.755. The van der Waals surface area contributed by atoms with Gasteiger partial charge >= 0.3 is 178 Å². The van der Waals surface area contributed by atoms with Crippen LogP contribution >= 0.6 is 0 Å². The zero-order valence-corrected chi connectivity index (χ0v) is 27.9. The number of rotatable bonds is 8. The molecule has 0 aromatic heterocycles. The van der Waals surface area contributed by atoms with Crippen molar-refractivity contribution < 1.29 is 33.2 Å². The molecule has 2 aromatic rings. The van der Waals surface area contributed by atoms with Crippen LogP contribution in [-0.2, 0) is 31.7 Å². The van der Waals surface area contributed by atoms with E-state index in [1.165, 1.54) is 6.26 Å². The molecular formula is C32H43BN6O7. The second kappa shape index (κ2) is 16.3. The minimum absolute atomic E-state index is 0.136. The molecule has 0 spiro atoms. The monoisotopic (exact) mass is 634 g/mol. The van der Waals surface area contributed by atoms with Gasteiger partial charge in [0.15, 0.2) is 0 Å². The van der Waals surface area contributed by atoms with Gasteiger partial charge in [0.2, 0.25) is 5.96 Å². The van der Waals surface area contributed by atoms with Crippen LogP contribution in [0.15, 0.2) is 53.5 Å². The molecule has 0 aliphatic rings. The summed E-state index contributed by atoms with van der Waals surface area (Å²) in [6.45, 7) is 15.6. The van der Waals surface area contributed by atoms with Gasteiger partial charge in [-0.25, -0.2) is 14.6 Å². The number of carbonyl (C=O) groups excluding carboxylic acids is 3. The molecule has 3 amide bonds. The van der Waals surface area contributed by atoms with Crippen molar-refractivity contribution >= 4 is 48.4 Å². The van der Waals surface area contributed by atoms with Crippen LogP contribution in [0.25, 0.3) is 0 Å². The second-order valence-electron chi connectivity index (χ2n) is 13.1. The molecule has 2 aromatic carbocycles. The number of aryl methyl sites for hydroxylation is 2. The molecular weight excluding hydrogens is 591 g/mol. The van der Waals surface area contributed by atoms with E-state index in [0.717, 1.165) is 31.1 Å². The number of nitriles is 1. The average Bonchev–Trinajstić information content (AvgIpc) is 2.88. The van der Waals surface area contributed by atoms with Crippen molar-refractivity contribution in [3.8, 4) is 6.26 Å². The first-order valence-corrected chi connectivity index (χ1v) is 14.6. The summed E-state index contributed by atoms with van der Waals surface area (Å²) in [5.74, 6) is -0.136. The van der Waals surface area contributed by atoms with Crippen LogP contribution in [0.2, 0.25) is 0 Å². The van der Waals surface area contributed by atoms with E-state index in [1.54, 1.807) is 74.4 Å². The van der Waals surface area contributed by atoms with Gasteiger partial charge in [-0.05, 0) is 41.5 Å². The van der Waals surface area contributed by atoms with Crippen molar-refractivity contribution in [1.82, 2.24) is 16.0 Å². The fraction of sp³-hybridized carbons (Fsp3) is 0.438. The minimum atomic E-state index is -0.776. The third kappa shape index (κ3) is 16.1. The van der Waals surface area contributed by atoms with E-state index < -0.39 is 35.1 Å². The predicted molar refractivity (Wildman–Crippen MR) is 177 cm³/mol. The standard InChI is InChI=1S/C32H43BN6O7/c1-30(2,3)44-27(40)37-25(33-43-20-34)35-23-16-12-21(13-17-23)10-11-22-14-18-24(19-15-22)36-26(38-28(41)45-31(4,5)6)39-29(42)46-32(7,8)9/h12-19,35H,10-11H2,1-9H3,(H,37,40)(H2,36,38,39,41,42). The molecule has 246 valence electrons. The van der Waals surface area contributed by atoms with Gasteiger partial charge in [0.05, 0.1) is 0 Å². The number of ether oxygens (including phenoxy) is 3. The zero-order valence-electron chi connectivity index (χ0n) is 27.9. The SMILES string of the molecule is CC(C)(C)OC(=O)NC(=BOC#N)Nc1ccc(CCc2ccc(N=C(NC(=O)OC(C)(C)C)NC(=O)OC(C)(C)C)cc2)cc1. The Labute approximate surface area is 271 Å². The Morgan fingerprint density at radius 2 is 1.11 bits per heavy atom. The van der Waals surface area contributed by atoms with Crippen molar-refractivity contribution in [1.29, 1.82) is 5.26 Å². The quantitative estimate of drug-likeness (QED) is 0.0941. The van der Waals surface area contributed by atoms with Crippen molar-refractivity contribution in [3.63, 3.8) is 0 Å². The fourth-order valence-electron chi connectivity index (χ4n) is 3.54. The summed E-state index contributed by atoms with van der Waals surface area (Å²) in [4.78, 5) is 41.2. The van der Waals surface area contributed by atoms with Gasteiger partial charge in [0, 0.05) is 0 Å². The molecule has 4 N–H and O–H groups in total.